The first-order valence-corrected chi connectivity index (χ1v) is 7.23. The van der Waals surface area contributed by atoms with E-state index in [1.807, 2.05) is 30.3 Å². The quantitative estimate of drug-likeness (QED) is 0.598. The third-order valence-electron chi connectivity index (χ3n) is 2.88. The van der Waals surface area contributed by atoms with E-state index in [4.69, 9.17) is 19.5 Å². The SMILES string of the molecule is COCCOCCCCNCc1ccc(OCC#N)cc1. The van der Waals surface area contributed by atoms with Gasteiger partial charge in [-0.1, -0.05) is 12.1 Å². The summed E-state index contributed by atoms with van der Waals surface area (Å²) in [5.41, 5.74) is 1.20. The molecule has 0 aliphatic carbocycles. The summed E-state index contributed by atoms with van der Waals surface area (Å²) in [5.74, 6) is 0.730. The zero-order valence-corrected chi connectivity index (χ0v) is 12.6. The van der Waals surface area contributed by atoms with Gasteiger partial charge in [0.15, 0.2) is 6.61 Å². The Morgan fingerprint density at radius 1 is 1.10 bits per heavy atom. The maximum atomic E-state index is 8.43. The minimum atomic E-state index is 0.0873. The third kappa shape index (κ3) is 9.03. The zero-order chi connectivity index (χ0) is 15.2. The van der Waals surface area contributed by atoms with Crippen molar-refractivity contribution in [3.05, 3.63) is 29.8 Å². The van der Waals surface area contributed by atoms with E-state index in [-0.39, 0.29) is 6.61 Å². The number of nitrogens with one attached hydrogen (secondary N) is 1. The first kappa shape index (κ1) is 17.4. The lowest BCUT2D eigenvalue weighted by Crippen LogP contribution is -2.15. The van der Waals surface area contributed by atoms with Crippen molar-refractivity contribution in [2.45, 2.75) is 19.4 Å². The van der Waals surface area contributed by atoms with Crippen molar-refractivity contribution < 1.29 is 14.2 Å². The minimum Gasteiger partial charge on any atom is -0.479 e. The minimum absolute atomic E-state index is 0.0873. The highest BCUT2D eigenvalue weighted by Gasteiger charge is 1.96. The van der Waals surface area contributed by atoms with E-state index in [1.54, 1.807) is 7.11 Å². The van der Waals surface area contributed by atoms with E-state index in [1.165, 1.54) is 5.56 Å². The predicted octanol–water partition coefficient (Wildman–Crippen LogP) is 2.12. The third-order valence-corrected chi connectivity index (χ3v) is 2.88. The van der Waals surface area contributed by atoms with Crippen molar-refractivity contribution in [2.24, 2.45) is 0 Å². The second-order valence-electron chi connectivity index (χ2n) is 4.58. The number of methoxy groups -OCH3 is 1. The molecule has 0 unspecified atom stereocenters. The van der Waals surface area contributed by atoms with Crippen LogP contribution in [0.4, 0.5) is 0 Å². The molecule has 1 aromatic carbocycles. The van der Waals surface area contributed by atoms with Crippen LogP contribution in [-0.2, 0) is 16.0 Å². The molecule has 0 aromatic heterocycles. The normalized spacial score (nSPS) is 10.3. The molecule has 0 atom stereocenters. The molecule has 116 valence electrons. The van der Waals surface area contributed by atoms with Gasteiger partial charge in [-0.3, -0.25) is 0 Å². The number of benzene rings is 1. The molecular weight excluding hydrogens is 268 g/mol. The average molecular weight is 292 g/mol. The highest BCUT2D eigenvalue weighted by molar-refractivity contribution is 5.27. The summed E-state index contributed by atoms with van der Waals surface area (Å²) >= 11 is 0. The Bertz CT molecular complexity index is 401. The van der Waals surface area contributed by atoms with Crippen LogP contribution in [0.15, 0.2) is 24.3 Å². The van der Waals surface area contributed by atoms with Crippen molar-refractivity contribution >= 4 is 0 Å². The van der Waals surface area contributed by atoms with Gasteiger partial charge in [0.25, 0.3) is 0 Å². The van der Waals surface area contributed by atoms with Gasteiger partial charge >= 0.3 is 0 Å². The van der Waals surface area contributed by atoms with Crippen molar-refractivity contribution in [2.75, 3.05) is 40.1 Å². The van der Waals surface area contributed by atoms with Crippen LogP contribution >= 0.6 is 0 Å². The van der Waals surface area contributed by atoms with Gasteiger partial charge in [0.05, 0.1) is 13.2 Å². The van der Waals surface area contributed by atoms with Crippen LogP contribution in [0.1, 0.15) is 18.4 Å². The highest BCUT2D eigenvalue weighted by atomic mass is 16.5. The predicted molar refractivity (Wildman–Crippen MR) is 81.2 cm³/mol. The van der Waals surface area contributed by atoms with E-state index in [0.717, 1.165) is 38.3 Å². The molecule has 0 heterocycles. The molecule has 5 heteroatoms. The molecule has 0 spiro atoms. The maximum Gasteiger partial charge on any atom is 0.174 e. The molecular formula is C16H24N2O3. The Morgan fingerprint density at radius 2 is 1.90 bits per heavy atom. The number of nitrogens with zero attached hydrogens (tertiary/aromatic N) is 1. The van der Waals surface area contributed by atoms with Gasteiger partial charge in [-0.15, -0.1) is 0 Å². The van der Waals surface area contributed by atoms with Crippen molar-refractivity contribution in [1.82, 2.24) is 5.32 Å². The molecule has 0 aliphatic rings. The van der Waals surface area contributed by atoms with Gasteiger partial charge in [-0.05, 0) is 37.1 Å². The smallest absolute Gasteiger partial charge is 0.174 e. The van der Waals surface area contributed by atoms with Crippen LogP contribution in [0.2, 0.25) is 0 Å². The number of hydrogen-bond acceptors (Lipinski definition) is 5. The molecule has 0 amide bonds. The van der Waals surface area contributed by atoms with Crippen molar-refractivity contribution in [3.8, 4) is 11.8 Å². The van der Waals surface area contributed by atoms with Gasteiger partial charge in [0, 0.05) is 20.3 Å². The van der Waals surface area contributed by atoms with Crippen LogP contribution in [0.25, 0.3) is 0 Å². The molecule has 0 bridgehead atoms. The molecule has 1 rings (SSSR count). The van der Waals surface area contributed by atoms with Crippen molar-refractivity contribution in [1.29, 1.82) is 5.26 Å². The van der Waals surface area contributed by atoms with Crippen LogP contribution in [0.3, 0.4) is 0 Å². The van der Waals surface area contributed by atoms with E-state index in [0.29, 0.717) is 13.2 Å². The summed E-state index contributed by atoms with van der Waals surface area (Å²) < 4.78 is 15.5. The highest BCUT2D eigenvalue weighted by Crippen LogP contribution is 2.11. The summed E-state index contributed by atoms with van der Waals surface area (Å²) in [7, 11) is 1.68. The first-order chi connectivity index (χ1) is 10.4. The fourth-order valence-corrected chi connectivity index (χ4v) is 1.75. The molecule has 5 nitrogen and oxygen atoms in total. The summed E-state index contributed by atoms with van der Waals surface area (Å²) in [6, 6.07) is 9.74. The van der Waals surface area contributed by atoms with Gasteiger partial charge in [-0.2, -0.15) is 5.26 Å². The van der Waals surface area contributed by atoms with Gasteiger partial charge < -0.3 is 19.5 Å². The lowest BCUT2D eigenvalue weighted by atomic mass is 10.2. The van der Waals surface area contributed by atoms with E-state index < -0.39 is 0 Å². The standard InChI is InChI=1S/C16H24N2O3/c1-19-12-13-20-10-3-2-9-18-14-15-4-6-16(7-5-15)21-11-8-17/h4-7,18H,2-3,9-14H2,1H3. The molecule has 0 saturated heterocycles. The molecule has 0 fully saturated rings. The summed E-state index contributed by atoms with van der Waals surface area (Å²) in [4.78, 5) is 0. The zero-order valence-electron chi connectivity index (χ0n) is 12.6. The Morgan fingerprint density at radius 3 is 2.62 bits per heavy atom. The Kier molecular flexibility index (Phi) is 10.1. The van der Waals surface area contributed by atoms with Crippen LogP contribution in [0, 0.1) is 11.3 Å². The van der Waals surface area contributed by atoms with E-state index in [2.05, 4.69) is 5.32 Å². The Hall–Kier alpha value is -1.61. The second kappa shape index (κ2) is 12.2. The van der Waals surface area contributed by atoms with Gasteiger partial charge in [0.1, 0.15) is 11.8 Å². The summed E-state index contributed by atoms with van der Waals surface area (Å²) in [5, 5.41) is 11.8. The number of unbranched alkanes of at least 4 members (excludes halogenated alkanes) is 1. The summed E-state index contributed by atoms with van der Waals surface area (Å²) in [6.45, 7) is 4.01. The van der Waals surface area contributed by atoms with Crippen LogP contribution < -0.4 is 10.1 Å². The van der Waals surface area contributed by atoms with Gasteiger partial charge in [0.2, 0.25) is 0 Å². The molecule has 0 radical (unpaired) electrons. The molecule has 1 aromatic rings. The number of rotatable bonds is 12. The fourth-order valence-electron chi connectivity index (χ4n) is 1.75. The first-order valence-electron chi connectivity index (χ1n) is 7.23. The van der Waals surface area contributed by atoms with Gasteiger partial charge in [-0.25, -0.2) is 0 Å². The maximum absolute atomic E-state index is 8.43. The molecule has 21 heavy (non-hydrogen) atoms. The fraction of sp³-hybridized carbons (Fsp3) is 0.562. The van der Waals surface area contributed by atoms with Crippen LogP contribution in [0.5, 0.6) is 5.75 Å². The Balaban J connectivity index is 2.01. The molecule has 0 aliphatic heterocycles. The number of hydrogen-bond donors (Lipinski definition) is 1. The lowest BCUT2D eigenvalue weighted by molar-refractivity contribution is 0.0688. The number of ether oxygens (including phenoxy) is 3. The topological polar surface area (TPSA) is 63.5 Å². The lowest BCUT2D eigenvalue weighted by Gasteiger charge is -2.07. The second-order valence-corrected chi connectivity index (χ2v) is 4.58. The molecule has 1 N–H and O–H groups in total. The summed E-state index contributed by atoms with van der Waals surface area (Å²) in [6.07, 6.45) is 2.15. The average Bonchev–Trinajstić information content (AvgIpc) is 2.52. The molecule has 0 saturated carbocycles. The monoisotopic (exact) mass is 292 g/mol. The van der Waals surface area contributed by atoms with E-state index in [9.17, 15) is 0 Å². The Labute approximate surface area is 126 Å². The van der Waals surface area contributed by atoms with Crippen molar-refractivity contribution in [3.63, 3.8) is 0 Å². The largest absolute Gasteiger partial charge is 0.479 e. The van der Waals surface area contributed by atoms with Crippen LogP contribution in [-0.4, -0.2) is 40.1 Å². The van der Waals surface area contributed by atoms with E-state index >= 15 is 0 Å². The number of nitriles is 1.